The standard InChI is InChI=1S/C19H36N4O3/c1-5-14(2)17(20-19(26)21-8-6-7-9-21)18(25)23-11-10-22(13-16(4)24)15(3)12-23/h14-17,24H,5-13H2,1-4H3,(H,20,26)/t14?,15?,16?,17-/m0/s1. The molecule has 0 saturated carbocycles. The van der Waals surface area contributed by atoms with Gasteiger partial charge in [0.1, 0.15) is 6.04 Å². The molecule has 2 fully saturated rings. The normalized spacial score (nSPS) is 25.0. The van der Waals surface area contributed by atoms with Gasteiger partial charge in [-0.2, -0.15) is 0 Å². The SMILES string of the molecule is CCC(C)[C@H](NC(=O)N1CCCC1)C(=O)N1CCN(CC(C)O)C(C)C1. The highest BCUT2D eigenvalue weighted by Gasteiger charge is 2.35. The van der Waals surface area contributed by atoms with E-state index >= 15 is 0 Å². The minimum atomic E-state index is -0.469. The Morgan fingerprint density at radius 2 is 1.77 bits per heavy atom. The number of carbonyl (C=O) groups excluding carboxylic acids is 2. The van der Waals surface area contributed by atoms with Gasteiger partial charge in [-0.15, -0.1) is 0 Å². The predicted molar refractivity (Wildman–Crippen MR) is 102 cm³/mol. The van der Waals surface area contributed by atoms with Crippen LogP contribution in [0.15, 0.2) is 0 Å². The third-order valence-electron chi connectivity index (χ3n) is 5.73. The third-order valence-corrected chi connectivity index (χ3v) is 5.73. The maximum atomic E-state index is 13.1. The lowest BCUT2D eigenvalue weighted by Gasteiger charge is -2.42. The fraction of sp³-hybridized carbons (Fsp3) is 0.895. The lowest BCUT2D eigenvalue weighted by atomic mass is 9.97. The minimum absolute atomic E-state index is 0.0236. The number of piperazine rings is 1. The van der Waals surface area contributed by atoms with Crippen LogP contribution in [-0.4, -0.2) is 89.2 Å². The summed E-state index contributed by atoms with van der Waals surface area (Å²) in [5.74, 6) is 0.121. The Hall–Kier alpha value is -1.34. The van der Waals surface area contributed by atoms with Crippen LogP contribution in [0, 0.1) is 5.92 Å². The molecule has 2 heterocycles. The number of aliphatic hydroxyl groups excluding tert-OH is 1. The molecule has 2 saturated heterocycles. The van der Waals surface area contributed by atoms with Gasteiger partial charge >= 0.3 is 6.03 Å². The molecule has 2 N–H and O–H groups in total. The number of amides is 3. The van der Waals surface area contributed by atoms with Crippen molar-refractivity contribution in [3.8, 4) is 0 Å². The first-order valence-corrected chi connectivity index (χ1v) is 10.1. The van der Waals surface area contributed by atoms with E-state index in [0.717, 1.165) is 38.9 Å². The quantitative estimate of drug-likeness (QED) is 0.737. The van der Waals surface area contributed by atoms with E-state index in [1.54, 1.807) is 6.92 Å². The lowest BCUT2D eigenvalue weighted by Crippen LogP contribution is -2.60. The van der Waals surface area contributed by atoms with Crippen LogP contribution in [0.4, 0.5) is 4.79 Å². The van der Waals surface area contributed by atoms with Crippen molar-refractivity contribution in [1.82, 2.24) is 20.0 Å². The van der Waals surface area contributed by atoms with E-state index in [2.05, 4.69) is 24.1 Å². The molecular weight excluding hydrogens is 332 g/mol. The summed E-state index contributed by atoms with van der Waals surface area (Å²) < 4.78 is 0. The number of aliphatic hydroxyl groups is 1. The highest BCUT2D eigenvalue weighted by atomic mass is 16.3. The zero-order valence-electron chi connectivity index (χ0n) is 16.8. The first-order valence-electron chi connectivity index (χ1n) is 10.1. The lowest BCUT2D eigenvalue weighted by molar-refractivity contribution is -0.137. The van der Waals surface area contributed by atoms with Crippen molar-refractivity contribution < 1.29 is 14.7 Å². The molecule has 0 aromatic rings. The maximum absolute atomic E-state index is 13.1. The number of rotatable bonds is 6. The summed E-state index contributed by atoms with van der Waals surface area (Å²) in [7, 11) is 0. The predicted octanol–water partition coefficient (Wildman–Crippen LogP) is 1.12. The van der Waals surface area contributed by atoms with Crippen LogP contribution >= 0.6 is 0 Å². The summed E-state index contributed by atoms with van der Waals surface area (Å²) in [5, 5.41) is 12.6. The zero-order chi connectivity index (χ0) is 19.3. The van der Waals surface area contributed by atoms with Gasteiger partial charge in [0, 0.05) is 45.3 Å². The average molecular weight is 369 g/mol. The van der Waals surface area contributed by atoms with Crippen LogP contribution in [-0.2, 0) is 4.79 Å². The fourth-order valence-electron chi connectivity index (χ4n) is 3.83. The van der Waals surface area contributed by atoms with Crippen LogP contribution in [0.2, 0.25) is 0 Å². The fourth-order valence-corrected chi connectivity index (χ4v) is 3.83. The molecule has 2 aliphatic rings. The molecule has 0 radical (unpaired) electrons. The molecule has 0 aromatic heterocycles. The Balaban J connectivity index is 1.99. The molecule has 2 aliphatic heterocycles. The van der Waals surface area contributed by atoms with E-state index < -0.39 is 6.04 Å². The van der Waals surface area contributed by atoms with Crippen LogP contribution in [0.3, 0.4) is 0 Å². The van der Waals surface area contributed by atoms with E-state index in [-0.39, 0.29) is 30.0 Å². The first kappa shape index (κ1) is 21.0. The topological polar surface area (TPSA) is 76.1 Å². The van der Waals surface area contributed by atoms with E-state index in [0.29, 0.717) is 19.6 Å². The molecule has 2 rings (SSSR count). The van der Waals surface area contributed by atoms with Crippen LogP contribution in [0.5, 0.6) is 0 Å². The molecule has 4 atom stereocenters. The number of carbonyl (C=O) groups is 2. The molecule has 0 aliphatic carbocycles. The highest BCUT2D eigenvalue weighted by Crippen LogP contribution is 2.17. The number of hydrogen-bond donors (Lipinski definition) is 2. The smallest absolute Gasteiger partial charge is 0.318 e. The van der Waals surface area contributed by atoms with Crippen molar-refractivity contribution in [2.24, 2.45) is 5.92 Å². The van der Waals surface area contributed by atoms with E-state index in [1.165, 1.54) is 0 Å². The van der Waals surface area contributed by atoms with Crippen LogP contribution in [0.1, 0.15) is 47.0 Å². The number of nitrogens with zero attached hydrogens (tertiary/aromatic N) is 3. The summed E-state index contributed by atoms with van der Waals surface area (Å²) >= 11 is 0. The number of likely N-dealkylation sites (tertiary alicyclic amines) is 1. The highest BCUT2D eigenvalue weighted by molar-refractivity contribution is 5.87. The Kier molecular flexibility index (Phi) is 7.70. The number of nitrogens with one attached hydrogen (secondary N) is 1. The second kappa shape index (κ2) is 9.55. The van der Waals surface area contributed by atoms with Crippen molar-refractivity contribution in [1.29, 1.82) is 0 Å². The number of urea groups is 1. The van der Waals surface area contributed by atoms with E-state index in [4.69, 9.17) is 0 Å². The van der Waals surface area contributed by atoms with Gasteiger partial charge in [-0.25, -0.2) is 4.79 Å². The molecule has 7 nitrogen and oxygen atoms in total. The van der Waals surface area contributed by atoms with Gasteiger partial charge in [0.15, 0.2) is 0 Å². The van der Waals surface area contributed by atoms with Crippen molar-refractivity contribution in [3.05, 3.63) is 0 Å². The van der Waals surface area contributed by atoms with Gasteiger partial charge in [0.05, 0.1) is 6.10 Å². The van der Waals surface area contributed by atoms with Gasteiger partial charge in [-0.3, -0.25) is 9.69 Å². The first-order chi connectivity index (χ1) is 12.3. The molecule has 0 bridgehead atoms. The summed E-state index contributed by atoms with van der Waals surface area (Å²) in [6, 6.07) is -0.375. The molecule has 0 aromatic carbocycles. The average Bonchev–Trinajstić information content (AvgIpc) is 3.14. The second-order valence-corrected chi connectivity index (χ2v) is 7.98. The van der Waals surface area contributed by atoms with Crippen LogP contribution < -0.4 is 5.32 Å². The Labute approximate surface area is 157 Å². The molecule has 7 heteroatoms. The van der Waals surface area contributed by atoms with E-state index in [9.17, 15) is 14.7 Å². The third kappa shape index (κ3) is 5.33. The van der Waals surface area contributed by atoms with Gasteiger partial charge in [0.2, 0.25) is 5.91 Å². The summed E-state index contributed by atoms with van der Waals surface area (Å²) in [4.78, 5) is 31.6. The van der Waals surface area contributed by atoms with Crippen LogP contribution in [0.25, 0.3) is 0 Å². The maximum Gasteiger partial charge on any atom is 0.318 e. The Morgan fingerprint density at radius 3 is 2.31 bits per heavy atom. The van der Waals surface area contributed by atoms with Gasteiger partial charge in [-0.1, -0.05) is 20.3 Å². The van der Waals surface area contributed by atoms with Crippen molar-refractivity contribution in [2.75, 3.05) is 39.3 Å². The van der Waals surface area contributed by atoms with Crippen molar-refractivity contribution in [3.63, 3.8) is 0 Å². The molecule has 26 heavy (non-hydrogen) atoms. The van der Waals surface area contributed by atoms with Gasteiger partial charge in [0.25, 0.3) is 0 Å². The summed E-state index contributed by atoms with van der Waals surface area (Å²) in [6.45, 7) is 12.2. The monoisotopic (exact) mass is 368 g/mol. The summed E-state index contributed by atoms with van der Waals surface area (Å²) in [6.07, 6.45) is 2.55. The number of hydrogen-bond acceptors (Lipinski definition) is 4. The van der Waals surface area contributed by atoms with Crippen molar-refractivity contribution in [2.45, 2.75) is 65.1 Å². The largest absolute Gasteiger partial charge is 0.392 e. The van der Waals surface area contributed by atoms with E-state index in [1.807, 2.05) is 16.7 Å². The minimum Gasteiger partial charge on any atom is -0.392 e. The molecule has 3 unspecified atom stereocenters. The second-order valence-electron chi connectivity index (χ2n) is 7.98. The Morgan fingerprint density at radius 1 is 1.12 bits per heavy atom. The van der Waals surface area contributed by atoms with Crippen molar-refractivity contribution >= 4 is 11.9 Å². The van der Waals surface area contributed by atoms with Gasteiger partial charge in [-0.05, 0) is 32.6 Å². The molecule has 3 amide bonds. The molecule has 150 valence electrons. The number of β-amino-alcohol motifs (C(OH)–C–C–N with tert-alkyl or cyclic N) is 1. The van der Waals surface area contributed by atoms with Gasteiger partial charge < -0.3 is 20.2 Å². The molecule has 0 spiro atoms. The Bertz CT molecular complexity index is 479. The molecular formula is C19H36N4O3. The zero-order valence-corrected chi connectivity index (χ0v) is 16.8. The summed E-state index contributed by atoms with van der Waals surface area (Å²) in [5.41, 5.74) is 0.